The first-order valence-electron chi connectivity index (χ1n) is 4.12. The van der Waals surface area contributed by atoms with Crippen molar-refractivity contribution < 1.29 is 4.74 Å². The van der Waals surface area contributed by atoms with Crippen LogP contribution in [0.2, 0.25) is 0 Å². The summed E-state index contributed by atoms with van der Waals surface area (Å²) in [6.45, 7) is 2.15. The van der Waals surface area contributed by atoms with Crippen molar-refractivity contribution in [3.8, 4) is 0 Å². The van der Waals surface area contributed by atoms with Gasteiger partial charge in [-0.3, -0.25) is 0 Å². The van der Waals surface area contributed by atoms with Gasteiger partial charge in [0.05, 0.1) is 12.2 Å². The molecule has 1 nitrogen and oxygen atoms in total. The first-order valence-corrected chi connectivity index (χ1v) is 5.81. The van der Waals surface area contributed by atoms with E-state index in [1.54, 1.807) is 0 Å². The van der Waals surface area contributed by atoms with Crippen LogP contribution in [-0.4, -0.2) is 29.6 Å². The second kappa shape index (κ2) is 5.28. The Morgan fingerprint density at radius 1 is 1.55 bits per heavy atom. The zero-order chi connectivity index (χ0) is 8.10. The fraction of sp³-hybridized carbons (Fsp3) is 1.00. The fourth-order valence-electron chi connectivity index (χ4n) is 1.28. The molecule has 0 amide bonds. The molecule has 2 unspecified atom stereocenters. The molecule has 1 heterocycles. The van der Waals surface area contributed by atoms with Gasteiger partial charge in [0.1, 0.15) is 0 Å². The highest BCUT2D eigenvalue weighted by molar-refractivity contribution is 7.99. The summed E-state index contributed by atoms with van der Waals surface area (Å²) in [5, 5.41) is 0. The van der Waals surface area contributed by atoms with E-state index in [9.17, 15) is 0 Å². The van der Waals surface area contributed by atoms with Gasteiger partial charge >= 0.3 is 0 Å². The predicted molar refractivity (Wildman–Crippen MR) is 51.6 cm³/mol. The van der Waals surface area contributed by atoms with Gasteiger partial charge in [0.2, 0.25) is 0 Å². The lowest BCUT2D eigenvalue weighted by atomic mass is 10.2. The summed E-state index contributed by atoms with van der Waals surface area (Å²) in [4.78, 5) is 0. The molecule has 0 aromatic carbocycles. The Labute approximate surface area is 77.8 Å². The van der Waals surface area contributed by atoms with Gasteiger partial charge in [0, 0.05) is 17.4 Å². The number of ether oxygens (including phenoxy) is 1. The van der Waals surface area contributed by atoms with E-state index >= 15 is 0 Å². The molecule has 0 N–H and O–H groups in total. The van der Waals surface area contributed by atoms with Crippen LogP contribution in [0.1, 0.15) is 19.8 Å². The lowest BCUT2D eigenvalue weighted by molar-refractivity contribution is 0.0700. The van der Waals surface area contributed by atoms with Crippen molar-refractivity contribution in [2.75, 3.05) is 17.4 Å². The lowest BCUT2D eigenvalue weighted by Gasteiger charge is -2.09. The van der Waals surface area contributed by atoms with Gasteiger partial charge in [0.15, 0.2) is 0 Å². The molecular formula is C8H15ClOS. The molecule has 0 aliphatic carbocycles. The van der Waals surface area contributed by atoms with E-state index in [0.717, 1.165) is 17.4 Å². The largest absolute Gasteiger partial charge is 0.374 e. The number of thioether (sulfide) groups is 1. The predicted octanol–water partition coefficient (Wildman–Crippen LogP) is 2.53. The van der Waals surface area contributed by atoms with Crippen LogP contribution < -0.4 is 0 Å². The molecule has 0 spiro atoms. The summed E-state index contributed by atoms with van der Waals surface area (Å²) in [6.07, 6.45) is 3.44. The van der Waals surface area contributed by atoms with Crippen LogP contribution >= 0.6 is 23.4 Å². The zero-order valence-electron chi connectivity index (χ0n) is 6.88. The molecular weight excluding hydrogens is 180 g/mol. The molecule has 1 saturated heterocycles. The highest BCUT2D eigenvalue weighted by Crippen LogP contribution is 2.22. The van der Waals surface area contributed by atoms with E-state index in [4.69, 9.17) is 16.3 Å². The van der Waals surface area contributed by atoms with Gasteiger partial charge in [-0.15, -0.1) is 11.6 Å². The van der Waals surface area contributed by atoms with E-state index in [1.807, 2.05) is 11.8 Å². The maximum Gasteiger partial charge on any atom is 0.0670 e. The Hall–Kier alpha value is 0.600. The first kappa shape index (κ1) is 9.69. The molecule has 0 radical (unpaired) electrons. The van der Waals surface area contributed by atoms with Crippen LogP contribution in [-0.2, 0) is 4.74 Å². The summed E-state index contributed by atoms with van der Waals surface area (Å²) >= 11 is 7.45. The summed E-state index contributed by atoms with van der Waals surface area (Å²) in [5.41, 5.74) is 0. The monoisotopic (exact) mass is 194 g/mol. The Morgan fingerprint density at radius 3 is 2.91 bits per heavy atom. The van der Waals surface area contributed by atoms with Crippen LogP contribution in [0.4, 0.5) is 0 Å². The Bertz CT molecular complexity index is 110. The standard InChI is InChI=1S/C8H15ClOS/c1-7-2-3-8(10-7)6-11-5-4-9/h7-8H,2-6H2,1H3. The SMILES string of the molecule is CC1CCC(CSCCCl)O1. The highest BCUT2D eigenvalue weighted by atomic mass is 35.5. The van der Waals surface area contributed by atoms with Gasteiger partial charge < -0.3 is 4.74 Å². The average molecular weight is 195 g/mol. The fourth-order valence-corrected chi connectivity index (χ4v) is 2.39. The molecule has 0 aromatic rings. The van der Waals surface area contributed by atoms with Crippen LogP contribution in [0, 0.1) is 0 Å². The lowest BCUT2D eigenvalue weighted by Crippen LogP contribution is -2.11. The first-order chi connectivity index (χ1) is 5.33. The third kappa shape index (κ3) is 3.68. The second-order valence-corrected chi connectivity index (χ2v) is 4.44. The molecule has 0 aromatic heterocycles. The van der Waals surface area contributed by atoms with Crippen LogP contribution in [0.5, 0.6) is 0 Å². The van der Waals surface area contributed by atoms with E-state index in [1.165, 1.54) is 12.8 Å². The molecule has 11 heavy (non-hydrogen) atoms. The van der Waals surface area contributed by atoms with Crippen LogP contribution in [0.25, 0.3) is 0 Å². The summed E-state index contributed by atoms with van der Waals surface area (Å²) < 4.78 is 5.64. The van der Waals surface area contributed by atoms with Gasteiger partial charge in [-0.05, 0) is 19.8 Å². The molecule has 1 fully saturated rings. The molecule has 1 rings (SSSR count). The van der Waals surface area contributed by atoms with E-state index in [-0.39, 0.29) is 0 Å². The summed E-state index contributed by atoms with van der Waals surface area (Å²) in [7, 11) is 0. The summed E-state index contributed by atoms with van der Waals surface area (Å²) in [6, 6.07) is 0. The quantitative estimate of drug-likeness (QED) is 0.503. The van der Waals surface area contributed by atoms with Crippen molar-refractivity contribution in [2.24, 2.45) is 0 Å². The second-order valence-electron chi connectivity index (χ2n) is 2.91. The Balaban J connectivity index is 1.99. The van der Waals surface area contributed by atoms with Gasteiger partial charge in [-0.2, -0.15) is 11.8 Å². The smallest absolute Gasteiger partial charge is 0.0670 e. The number of rotatable bonds is 4. The Morgan fingerprint density at radius 2 is 2.36 bits per heavy atom. The maximum absolute atomic E-state index is 5.64. The van der Waals surface area contributed by atoms with Crippen molar-refractivity contribution in [2.45, 2.75) is 32.0 Å². The number of hydrogen-bond acceptors (Lipinski definition) is 2. The van der Waals surface area contributed by atoms with Gasteiger partial charge in [-0.25, -0.2) is 0 Å². The number of halogens is 1. The van der Waals surface area contributed by atoms with Gasteiger partial charge in [-0.1, -0.05) is 0 Å². The number of alkyl halides is 1. The molecule has 2 atom stereocenters. The minimum atomic E-state index is 0.483. The van der Waals surface area contributed by atoms with E-state index < -0.39 is 0 Å². The molecule has 1 aliphatic rings. The molecule has 66 valence electrons. The molecule has 0 saturated carbocycles. The number of hydrogen-bond donors (Lipinski definition) is 0. The van der Waals surface area contributed by atoms with E-state index in [2.05, 4.69) is 6.92 Å². The molecule has 0 bridgehead atoms. The van der Waals surface area contributed by atoms with Crippen molar-refractivity contribution in [3.63, 3.8) is 0 Å². The van der Waals surface area contributed by atoms with Crippen molar-refractivity contribution in [1.29, 1.82) is 0 Å². The van der Waals surface area contributed by atoms with E-state index in [0.29, 0.717) is 12.2 Å². The topological polar surface area (TPSA) is 9.23 Å². The minimum absolute atomic E-state index is 0.483. The van der Waals surface area contributed by atoms with Crippen molar-refractivity contribution >= 4 is 23.4 Å². The van der Waals surface area contributed by atoms with Crippen molar-refractivity contribution in [3.05, 3.63) is 0 Å². The highest BCUT2D eigenvalue weighted by Gasteiger charge is 2.20. The molecule has 3 heteroatoms. The van der Waals surface area contributed by atoms with Crippen LogP contribution in [0.15, 0.2) is 0 Å². The zero-order valence-corrected chi connectivity index (χ0v) is 8.46. The Kier molecular flexibility index (Phi) is 4.65. The molecule has 1 aliphatic heterocycles. The summed E-state index contributed by atoms with van der Waals surface area (Å²) in [5.74, 6) is 2.93. The minimum Gasteiger partial charge on any atom is -0.374 e. The van der Waals surface area contributed by atoms with Gasteiger partial charge in [0.25, 0.3) is 0 Å². The normalized spacial score (nSPS) is 31.1. The maximum atomic E-state index is 5.64. The third-order valence-corrected chi connectivity index (χ3v) is 3.36. The third-order valence-electron chi connectivity index (χ3n) is 1.85. The van der Waals surface area contributed by atoms with Crippen molar-refractivity contribution in [1.82, 2.24) is 0 Å². The van der Waals surface area contributed by atoms with Crippen LogP contribution in [0.3, 0.4) is 0 Å². The average Bonchev–Trinajstić information content (AvgIpc) is 2.37.